The minimum absolute atomic E-state index is 0.126. The number of rotatable bonds is 5. The Hall–Kier alpha value is -1.91. The minimum Gasteiger partial charge on any atom is -0.495 e. The lowest BCUT2D eigenvalue weighted by Crippen LogP contribution is -2.28. The predicted octanol–water partition coefficient (Wildman–Crippen LogP) is 3.84. The number of hydrogen-bond donors (Lipinski definition) is 1. The number of alkyl halides is 3. The Labute approximate surface area is 169 Å². The van der Waals surface area contributed by atoms with Crippen LogP contribution in [0.4, 0.5) is 18.9 Å². The van der Waals surface area contributed by atoms with Gasteiger partial charge in [-0.2, -0.15) is 18.3 Å². The molecule has 1 aliphatic rings. The van der Waals surface area contributed by atoms with E-state index in [4.69, 9.17) is 16.3 Å². The van der Waals surface area contributed by atoms with Gasteiger partial charge in [-0.1, -0.05) is 23.5 Å². The molecule has 0 atom stereocenters. The van der Waals surface area contributed by atoms with Gasteiger partial charge in [-0.15, -0.1) is 0 Å². The zero-order chi connectivity index (χ0) is 20.5. The van der Waals surface area contributed by atoms with E-state index in [0.29, 0.717) is 35.1 Å². The van der Waals surface area contributed by atoms with E-state index in [1.54, 1.807) is 12.1 Å². The third kappa shape index (κ3) is 4.39. The van der Waals surface area contributed by atoms with Crippen LogP contribution in [0.15, 0.2) is 18.2 Å². The van der Waals surface area contributed by atoms with E-state index in [1.807, 2.05) is 10.6 Å². The summed E-state index contributed by atoms with van der Waals surface area (Å²) in [6.07, 6.45) is -2.38. The van der Waals surface area contributed by atoms with E-state index in [-0.39, 0.29) is 18.7 Å². The fourth-order valence-electron chi connectivity index (χ4n) is 3.08. The molecule has 2 aromatic rings. The minimum atomic E-state index is -4.58. The van der Waals surface area contributed by atoms with Crippen molar-refractivity contribution in [1.29, 1.82) is 0 Å². The van der Waals surface area contributed by atoms with Crippen LogP contribution in [0.3, 0.4) is 0 Å². The zero-order valence-corrected chi connectivity index (χ0v) is 16.7. The summed E-state index contributed by atoms with van der Waals surface area (Å²) in [6.45, 7) is 0.378. The summed E-state index contributed by atoms with van der Waals surface area (Å²) >= 11 is 7.32. The lowest BCUT2D eigenvalue weighted by atomic mass is 10.1. The normalized spacial score (nSPS) is 14.6. The lowest BCUT2D eigenvalue weighted by molar-refractivity contribution is -0.142. The smallest absolute Gasteiger partial charge is 0.435 e. The van der Waals surface area contributed by atoms with Crippen LogP contribution in [0.5, 0.6) is 5.75 Å². The lowest BCUT2D eigenvalue weighted by Gasteiger charge is -2.25. The Balaban J connectivity index is 1.86. The van der Waals surface area contributed by atoms with E-state index in [9.17, 15) is 18.0 Å². The molecule has 1 aromatic heterocycles. The topological polar surface area (TPSA) is 59.4 Å². The average molecular weight is 435 g/mol. The number of nitrogens with one attached hydrogen (secondary N) is 1. The fourth-order valence-corrected chi connectivity index (χ4v) is 3.79. The molecular formula is C17H18ClF3N4O2S. The summed E-state index contributed by atoms with van der Waals surface area (Å²) in [7, 11) is 1.44. The second-order valence-electron chi connectivity index (χ2n) is 6.12. The molecule has 6 nitrogen and oxygen atoms in total. The average Bonchev–Trinajstić information content (AvgIpc) is 2.99. The molecule has 3 rings (SSSR count). The van der Waals surface area contributed by atoms with Gasteiger partial charge in [-0.3, -0.25) is 9.48 Å². The molecule has 1 N–H and O–H groups in total. The summed E-state index contributed by atoms with van der Waals surface area (Å²) in [4.78, 5) is 12.5. The molecule has 0 fully saturated rings. The summed E-state index contributed by atoms with van der Waals surface area (Å²) in [5, 5.41) is 6.72. The number of anilines is 1. The van der Waals surface area contributed by atoms with Gasteiger partial charge in [0.1, 0.15) is 12.3 Å². The molecule has 152 valence electrons. The van der Waals surface area contributed by atoms with Gasteiger partial charge in [0.2, 0.25) is 5.91 Å². The second-order valence-corrected chi connectivity index (χ2v) is 7.44. The van der Waals surface area contributed by atoms with E-state index in [0.717, 1.165) is 4.68 Å². The first-order valence-electron chi connectivity index (χ1n) is 8.31. The van der Waals surface area contributed by atoms with Crippen molar-refractivity contribution in [3.8, 4) is 5.75 Å². The summed E-state index contributed by atoms with van der Waals surface area (Å²) in [5.41, 5.74) is -0.0351. The maximum Gasteiger partial charge on any atom is 0.435 e. The zero-order valence-electron chi connectivity index (χ0n) is 15.1. The van der Waals surface area contributed by atoms with Crippen LogP contribution in [-0.4, -0.2) is 39.9 Å². The van der Waals surface area contributed by atoms with E-state index in [1.165, 1.54) is 25.1 Å². The monoisotopic (exact) mass is 434 g/mol. The number of carbonyl (C=O) groups excluding carboxylic acids is 1. The number of halogens is 4. The number of aromatic nitrogens is 2. The Morgan fingerprint density at radius 3 is 2.82 bits per heavy atom. The largest absolute Gasteiger partial charge is 0.495 e. The Bertz CT molecular complexity index is 888. The molecule has 2 heterocycles. The Morgan fingerprint density at radius 2 is 2.18 bits per heavy atom. The van der Waals surface area contributed by atoms with Gasteiger partial charge in [0.25, 0.3) is 0 Å². The summed E-state index contributed by atoms with van der Waals surface area (Å²) in [6, 6.07) is 4.70. The van der Waals surface area contributed by atoms with Crippen molar-refractivity contribution in [2.75, 3.05) is 25.2 Å². The molecule has 1 aliphatic heterocycles. The molecule has 11 heteroatoms. The van der Waals surface area contributed by atoms with Crippen LogP contribution >= 0.6 is 23.5 Å². The molecule has 0 saturated heterocycles. The van der Waals surface area contributed by atoms with Crippen molar-refractivity contribution in [2.45, 2.75) is 25.7 Å². The maximum absolute atomic E-state index is 13.4. The highest BCUT2D eigenvalue weighted by Crippen LogP contribution is 2.36. The molecular weight excluding hydrogens is 417 g/mol. The molecule has 0 bridgehead atoms. The van der Waals surface area contributed by atoms with Crippen molar-refractivity contribution >= 4 is 35.1 Å². The van der Waals surface area contributed by atoms with Gasteiger partial charge >= 0.3 is 6.18 Å². The van der Waals surface area contributed by atoms with Gasteiger partial charge in [-0.25, -0.2) is 4.31 Å². The Kier molecular flexibility index (Phi) is 6.11. The first kappa shape index (κ1) is 20.8. The van der Waals surface area contributed by atoms with Crippen molar-refractivity contribution in [3.05, 3.63) is 40.2 Å². The molecule has 28 heavy (non-hydrogen) atoms. The molecule has 1 amide bonds. The van der Waals surface area contributed by atoms with Crippen molar-refractivity contribution < 1.29 is 22.7 Å². The molecule has 0 spiro atoms. The number of methoxy groups -OCH3 is 1. The third-order valence-corrected chi connectivity index (χ3v) is 5.42. The van der Waals surface area contributed by atoms with Crippen LogP contribution in [-0.2, 0) is 30.5 Å². The van der Waals surface area contributed by atoms with Gasteiger partial charge in [0.15, 0.2) is 5.69 Å². The standard InChI is InChI=1S/C17H18ClF3N4O2S/c1-27-14-4-3-10(18)7-12(14)22-15(26)9-25-13-5-6-24(28-2)8-11(13)16(23-25)17(19,20)21/h3-4,7H,5-6,8-9H2,1-2H3,(H,22,26). The first-order valence-corrected chi connectivity index (χ1v) is 9.87. The number of ether oxygens (including phenoxy) is 1. The number of benzene rings is 1. The van der Waals surface area contributed by atoms with Crippen LogP contribution in [0.1, 0.15) is 17.0 Å². The fraction of sp³-hybridized carbons (Fsp3) is 0.412. The molecule has 0 aliphatic carbocycles. The number of carbonyl (C=O) groups is 1. The van der Waals surface area contributed by atoms with Crippen molar-refractivity contribution in [1.82, 2.24) is 14.1 Å². The Morgan fingerprint density at radius 1 is 1.43 bits per heavy atom. The van der Waals surface area contributed by atoms with E-state index >= 15 is 0 Å². The van der Waals surface area contributed by atoms with Crippen molar-refractivity contribution in [3.63, 3.8) is 0 Å². The van der Waals surface area contributed by atoms with Crippen LogP contribution in [0.25, 0.3) is 0 Å². The quantitative estimate of drug-likeness (QED) is 0.724. The number of hydrogen-bond acceptors (Lipinski definition) is 5. The first-order chi connectivity index (χ1) is 13.2. The molecule has 0 radical (unpaired) electrons. The SMILES string of the molecule is COc1ccc(Cl)cc1NC(=O)Cn1nc(C(F)(F)F)c2c1CCN(SC)C2. The highest BCUT2D eigenvalue weighted by atomic mass is 35.5. The van der Waals surface area contributed by atoms with Crippen molar-refractivity contribution in [2.24, 2.45) is 0 Å². The maximum atomic E-state index is 13.4. The van der Waals surface area contributed by atoms with Gasteiger partial charge in [0, 0.05) is 35.8 Å². The molecule has 0 saturated carbocycles. The summed E-state index contributed by atoms with van der Waals surface area (Å²) in [5.74, 6) is -0.126. The van der Waals surface area contributed by atoms with Gasteiger partial charge in [0.05, 0.1) is 12.8 Å². The number of fused-ring (bicyclic) bond motifs is 1. The number of amides is 1. The van der Waals surface area contributed by atoms with Gasteiger partial charge in [-0.05, 0) is 24.5 Å². The molecule has 0 unspecified atom stereocenters. The molecule has 1 aromatic carbocycles. The third-order valence-electron chi connectivity index (χ3n) is 4.35. The van der Waals surface area contributed by atoms with E-state index in [2.05, 4.69) is 10.4 Å². The van der Waals surface area contributed by atoms with Crippen LogP contribution in [0.2, 0.25) is 5.02 Å². The predicted molar refractivity (Wildman–Crippen MR) is 101 cm³/mol. The van der Waals surface area contributed by atoms with Crippen LogP contribution < -0.4 is 10.1 Å². The second kappa shape index (κ2) is 8.22. The highest BCUT2D eigenvalue weighted by molar-refractivity contribution is 7.96. The summed E-state index contributed by atoms with van der Waals surface area (Å²) < 4.78 is 48.4. The number of nitrogens with zero attached hydrogens (tertiary/aromatic N) is 3. The van der Waals surface area contributed by atoms with Crippen LogP contribution in [0, 0.1) is 0 Å². The van der Waals surface area contributed by atoms with Gasteiger partial charge < -0.3 is 10.1 Å². The van der Waals surface area contributed by atoms with E-state index < -0.39 is 17.8 Å². The highest BCUT2D eigenvalue weighted by Gasteiger charge is 2.40.